The van der Waals surface area contributed by atoms with Gasteiger partial charge < -0.3 is 5.32 Å². The van der Waals surface area contributed by atoms with E-state index in [4.69, 9.17) is 0 Å². The molecular weight excluding hydrogens is 286 g/mol. The van der Waals surface area contributed by atoms with Gasteiger partial charge in [0.2, 0.25) is 10.9 Å². The molecule has 0 saturated carbocycles. The molecule has 0 bridgehead atoms. The highest BCUT2D eigenvalue weighted by Crippen LogP contribution is 2.26. The summed E-state index contributed by atoms with van der Waals surface area (Å²) in [5, 5.41) is 16.3. The minimum atomic E-state index is -0.0353. The Hall–Kier alpha value is -2.28. The Labute approximate surface area is 125 Å². The van der Waals surface area contributed by atoms with Crippen LogP contribution < -0.4 is 5.32 Å². The summed E-state index contributed by atoms with van der Waals surface area (Å²) < 4.78 is 1.73. The summed E-state index contributed by atoms with van der Waals surface area (Å²) in [4.78, 5) is 12.4. The smallest absolute Gasteiger partial charge is 0.234 e. The molecule has 2 heterocycles. The third-order valence-corrected chi connectivity index (χ3v) is 4.02. The van der Waals surface area contributed by atoms with Crippen molar-refractivity contribution >= 4 is 27.9 Å². The van der Waals surface area contributed by atoms with Crippen molar-refractivity contribution in [3.63, 3.8) is 0 Å². The second kappa shape index (κ2) is 5.25. The van der Waals surface area contributed by atoms with Gasteiger partial charge in [0.15, 0.2) is 5.82 Å². The Morgan fingerprint density at radius 3 is 2.57 bits per heavy atom. The number of hydrogen-bond donors (Lipinski definition) is 1. The second-order valence-electron chi connectivity index (χ2n) is 5.07. The van der Waals surface area contributed by atoms with Crippen LogP contribution in [-0.2, 0) is 4.79 Å². The van der Waals surface area contributed by atoms with Crippen molar-refractivity contribution in [1.82, 2.24) is 19.8 Å². The van der Waals surface area contributed by atoms with Crippen LogP contribution in [0.15, 0.2) is 24.3 Å². The topological polar surface area (TPSA) is 72.2 Å². The fourth-order valence-electron chi connectivity index (χ4n) is 1.81. The van der Waals surface area contributed by atoms with Crippen LogP contribution in [0.4, 0.5) is 5.69 Å². The van der Waals surface area contributed by atoms with Crippen molar-refractivity contribution in [3.05, 3.63) is 30.1 Å². The lowest BCUT2D eigenvalue weighted by atomic mass is 10.2. The van der Waals surface area contributed by atoms with Gasteiger partial charge in [-0.1, -0.05) is 25.2 Å². The molecule has 21 heavy (non-hydrogen) atoms. The molecule has 0 atom stereocenters. The maximum absolute atomic E-state index is 11.6. The number of aromatic nitrogens is 4. The molecule has 0 aliphatic rings. The maximum atomic E-state index is 11.6. The van der Waals surface area contributed by atoms with E-state index in [1.807, 2.05) is 45.0 Å². The van der Waals surface area contributed by atoms with Crippen LogP contribution in [0.25, 0.3) is 15.5 Å². The van der Waals surface area contributed by atoms with Crippen molar-refractivity contribution in [2.45, 2.75) is 20.8 Å². The highest BCUT2D eigenvalue weighted by Gasteiger charge is 2.11. The Balaban J connectivity index is 1.84. The third kappa shape index (κ3) is 2.64. The Kier molecular flexibility index (Phi) is 3.42. The summed E-state index contributed by atoms with van der Waals surface area (Å²) in [6, 6.07) is 7.64. The number of nitrogens with one attached hydrogen (secondary N) is 1. The quantitative estimate of drug-likeness (QED) is 0.807. The maximum Gasteiger partial charge on any atom is 0.234 e. The van der Waals surface area contributed by atoms with Gasteiger partial charge in [-0.15, -0.1) is 10.2 Å². The molecule has 0 fully saturated rings. The van der Waals surface area contributed by atoms with E-state index in [0.29, 0.717) is 0 Å². The number of fused-ring (bicyclic) bond motifs is 1. The molecule has 108 valence electrons. The average molecular weight is 301 g/mol. The van der Waals surface area contributed by atoms with Gasteiger partial charge in [0, 0.05) is 17.2 Å². The van der Waals surface area contributed by atoms with Gasteiger partial charge in [-0.25, -0.2) is 0 Å². The zero-order valence-corrected chi connectivity index (χ0v) is 12.8. The minimum absolute atomic E-state index is 0.0113. The molecule has 3 rings (SSSR count). The van der Waals surface area contributed by atoms with Gasteiger partial charge in [0.05, 0.1) is 0 Å². The standard InChI is InChI=1S/C14H15N5OS/c1-8(2)12(20)15-11-6-4-10(5-7-11)13-18-19-9(3)16-17-14(19)21-13/h4-8H,1-3H3,(H,15,20). The number of carbonyl (C=O) groups is 1. The van der Waals surface area contributed by atoms with Crippen molar-refractivity contribution in [3.8, 4) is 10.6 Å². The van der Waals surface area contributed by atoms with Crippen molar-refractivity contribution in [2.75, 3.05) is 5.32 Å². The zero-order valence-electron chi connectivity index (χ0n) is 12.0. The highest BCUT2D eigenvalue weighted by atomic mass is 32.1. The molecule has 7 heteroatoms. The number of nitrogens with zero attached hydrogens (tertiary/aromatic N) is 4. The van der Waals surface area contributed by atoms with Gasteiger partial charge in [-0.05, 0) is 31.2 Å². The number of rotatable bonds is 3. The lowest BCUT2D eigenvalue weighted by Gasteiger charge is -2.07. The van der Waals surface area contributed by atoms with Gasteiger partial charge >= 0.3 is 0 Å². The second-order valence-corrected chi connectivity index (χ2v) is 6.03. The molecular formula is C14H15N5OS. The fraction of sp³-hybridized carbons (Fsp3) is 0.286. The van der Waals surface area contributed by atoms with E-state index in [0.717, 1.165) is 27.0 Å². The van der Waals surface area contributed by atoms with Crippen LogP contribution in [0.2, 0.25) is 0 Å². The van der Waals surface area contributed by atoms with Gasteiger partial charge in [-0.3, -0.25) is 4.79 Å². The van der Waals surface area contributed by atoms with E-state index < -0.39 is 0 Å². The number of benzene rings is 1. The van der Waals surface area contributed by atoms with Crippen molar-refractivity contribution in [1.29, 1.82) is 0 Å². The van der Waals surface area contributed by atoms with E-state index in [2.05, 4.69) is 20.6 Å². The lowest BCUT2D eigenvalue weighted by Crippen LogP contribution is -2.17. The summed E-state index contributed by atoms with van der Waals surface area (Å²) in [6.45, 7) is 5.60. The molecule has 0 spiro atoms. The molecule has 0 radical (unpaired) electrons. The van der Waals surface area contributed by atoms with Crippen molar-refractivity contribution in [2.24, 2.45) is 5.92 Å². The first-order valence-electron chi connectivity index (χ1n) is 6.65. The fourth-order valence-corrected chi connectivity index (χ4v) is 2.70. The third-order valence-electron chi connectivity index (χ3n) is 3.07. The Morgan fingerprint density at radius 1 is 1.24 bits per heavy atom. The molecule has 1 N–H and O–H groups in total. The van der Waals surface area contributed by atoms with E-state index >= 15 is 0 Å². The molecule has 0 saturated heterocycles. The van der Waals surface area contributed by atoms with Crippen LogP contribution >= 0.6 is 11.3 Å². The molecule has 0 aliphatic heterocycles. The first-order chi connectivity index (χ1) is 10.0. The molecule has 1 amide bonds. The van der Waals surface area contributed by atoms with Crippen LogP contribution in [0.1, 0.15) is 19.7 Å². The number of carbonyl (C=O) groups excluding carboxylic acids is 1. The van der Waals surface area contributed by atoms with E-state index in [1.54, 1.807) is 4.52 Å². The summed E-state index contributed by atoms with van der Waals surface area (Å²) in [6.07, 6.45) is 0. The van der Waals surface area contributed by atoms with E-state index in [9.17, 15) is 4.79 Å². The van der Waals surface area contributed by atoms with Crippen molar-refractivity contribution < 1.29 is 4.79 Å². The summed E-state index contributed by atoms with van der Waals surface area (Å²) >= 11 is 1.49. The SMILES string of the molecule is Cc1nnc2sc(-c3ccc(NC(=O)C(C)C)cc3)nn12. The number of amides is 1. The number of aryl methyl sites for hydroxylation is 1. The molecule has 6 nitrogen and oxygen atoms in total. The van der Waals surface area contributed by atoms with Crippen LogP contribution in [0.5, 0.6) is 0 Å². The first kappa shape index (κ1) is 13.7. The molecule has 0 unspecified atom stereocenters. The monoisotopic (exact) mass is 301 g/mol. The average Bonchev–Trinajstić information content (AvgIpc) is 3.02. The lowest BCUT2D eigenvalue weighted by molar-refractivity contribution is -0.118. The zero-order chi connectivity index (χ0) is 15.0. The largest absolute Gasteiger partial charge is 0.326 e. The minimum Gasteiger partial charge on any atom is -0.326 e. The first-order valence-corrected chi connectivity index (χ1v) is 7.46. The van der Waals surface area contributed by atoms with Crippen LogP contribution in [0, 0.1) is 12.8 Å². The predicted molar refractivity (Wildman–Crippen MR) is 82.3 cm³/mol. The predicted octanol–water partition coefficient (Wildman–Crippen LogP) is 2.76. The summed E-state index contributed by atoms with van der Waals surface area (Å²) in [5.74, 6) is 0.748. The van der Waals surface area contributed by atoms with Gasteiger partial charge in [-0.2, -0.15) is 9.61 Å². The Bertz CT molecular complexity index is 787. The molecule has 2 aromatic heterocycles. The van der Waals surface area contributed by atoms with Crippen LogP contribution in [0.3, 0.4) is 0 Å². The molecule has 0 aliphatic carbocycles. The highest BCUT2D eigenvalue weighted by molar-refractivity contribution is 7.19. The van der Waals surface area contributed by atoms with E-state index in [1.165, 1.54) is 11.3 Å². The normalized spacial score (nSPS) is 11.2. The number of hydrogen-bond acceptors (Lipinski definition) is 5. The number of anilines is 1. The van der Waals surface area contributed by atoms with Gasteiger partial charge in [0.25, 0.3) is 0 Å². The van der Waals surface area contributed by atoms with Gasteiger partial charge in [0.1, 0.15) is 5.01 Å². The van der Waals surface area contributed by atoms with Crippen LogP contribution in [-0.4, -0.2) is 25.7 Å². The molecule has 3 aromatic rings. The van der Waals surface area contributed by atoms with E-state index in [-0.39, 0.29) is 11.8 Å². The summed E-state index contributed by atoms with van der Waals surface area (Å²) in [5.41, 5.74) is 1.78. The summed E-state index contributed by atoms with van der Waals surface area (Å²) in [7, 11) is 0. The Morgan fingerprint density at radius 2 is 1.95 bits per heavy atom. The molecule has 1 aromatic carbocycles.